The van der Waals surface area contributed by atoms with Gasteiger partial charge in [-0.1, -0.05) is 25.5 Å². The highest BCUT2D eigenvalue weighted by molar-refractivity contribution is 5.94. The van der Waals surface area contributed by atoms with Gasteiger partial charge in [0.2, 0.25) is 11.9 Å². The minimum atomic E-state index is -0.248. The van der Waals surface area contributed by atoms with E-state index >= 15 is 0 Å². The molecule has 0 amide bonds. The second kappa shape index (κ2) is 7.26. The predicted octanol–water partition coefficient (Wildman–Crippen LogP) is 1.79. The number of hydrogen-bond acceptors (Lipinski definition) is 4. The zero-order valence-corrected chi connectivity index (χ0v) is 12.6. The Morgan fingerprint density at radius 3 is 2.95 bits per heavy atom. The van der Waals surface area contributed by atoms with Gasteiger partial charge in [0.05, 0.1) is 12.8 Å². The predicted molar refractivity (Wildman–Crippen MR) is 86.8 cm³/mol. The number of aryl methyl sites for hydroxylation is 1. The van der Waals surface area contributed by atoms with E-state index in [2.05, 4.69) is 20.3 Å². The monoisotopic (exact) mass is 301 g/mol. The average Bonchev–Trinajstić information content (AvgIpc) is 2.47. The third kappa shape index (κ3) is 4.08. The van der Waals surface area contributed by atoms with Crippen LogP contribution in [-0.4, -0.2) is 23.0 Å². The van der Waals surface area contributed by atoms with Crippen molar-refractivity contribution in [3.8, 4) is 5.75 Å². The number of aliphatic imine (C=N–C) groups is 1. The molecule has 1 heterocycles. The fraction of sp³-hybridized carbons (Fsp3) is 0.267. The number of nitrogens with zero attached hydrogens (tertiary/aromatic N) is 2. The second-order valence-electron chi connectivity index (χ2n) is 4.63. The van der Waals surface area contributed by atoms with Crippen LogP contribution in [0.3, 0.4) is 0 Å². The van der Waals surface area contributed by atoms with Gasteiger partial charge in [0.25, 0.3) is 5.56 Å². The van der Waals surface area contributed by atoms with E-state index in [0.717, 1.165) is 6.42 Å². The lowest BCUT2D eigenvalue weighted by Gasteiger charge is -2.09. The number of aromatic nitrogens is 2. The summed E-state index contributed by atoms with van der Waals surface area (Å²) in [6.07, 6.45) is 1.61. The first kappa shape index (κ1) is 15.6. The number of anilines is 1. The number of rotatable bonds is 5. The van der Waals surface area contributed by atoms with Crippen LogP contribution in [0, 0.1) is 0 Å². The number of para-hydroxylation sites is 2. The zero-order chi connectivity index (χ0) is 15.9. The van der Waals surface area contributed by atoms with E-state index in [1.54, 1.807) is 13.2 Å². The maximum atomic E-state index is 11.6. The Hall–Kier alpha value is -2.83. The molecule has 1 aromatic carbocycles. The molecule has 0 aliphatic carbocycles. The average molecular weight is 301 g/mol. The summed E-state index contributed by atoms with van der Waals surface area (Å²) in [6, 6.07) is 8.78. The number of nitrogens with one attached hydrogen (secondary N) is 2. The molecule has 0 aliphatic heterocycles. The Labute approximate surface area is 128 Å². The van der Waals surface area contributed by atoms with Gasteiger partial charge in [-0.3, -0.25) is 9.78 Å². The standard InChI is InChI=1S/C15H19N5O2/c1-3-6-10-9-13(21)19-15(17-10)20-14(16)18-11-7-4-5-8-12(11)22-2/h4-5,7-9H,3,6H2,1-2H3,(H4,16,17,18,19,20,21). The number of nitrogens with two attached hydrogens (primary N) is 1. The van der Waals surface area contributed by atoms with Gasteiger partial charge in [0.15, 0.2) is 0 Å². The molecule has 0 saturated heterocycles. The van der Waals surface area contributed by atoms with Crippen molar-refractivity contribution in [1.82, 2.24) is 9.97 Å². The van der Waals surface area contributed by atoms with Crippen LogP contribution in [0.2, 0.25) is 0 Å². The topological polar surface area (TPSA) is 105 Å². The van der Waals surface area contributed by atoms with Crippen molar-refractivity contribution in [2.24, 2.45) is 10.7 Å². The molecular formula is C15H19N5O2. The molecule has 7 heteroatoms. The lowest BCUT2D eigenvalue weighted by Crippen LogP contribution is -2.23. The van der Waals surface area contributed by atoms with Crippen molar-refractivity contribution in [2.75, 3.05) is 12.4 Å². The van der Waals surface area contributed by atoms with Gasteiger partial charge in [-0.25, -0.2) is 4.98 Å². The lowest BCUT2D eigenvalue weighted by molar-refractivity contribution is 0.417. The van der Waals surface area contributed by atoms with E-state index in [0.29, 0.717) is 23.6 Å². The molecule has 0 aliphatic rings. The highest BCUT2D eigenvalue weighted by Crippen LogP contribution is 2.22. The third-order valence-electron chi connectivity index (χ3n) is 2.88. The van der Waals surface area contributed by atoms with Crippen LogP contribution in [0.5, 0.6) is 5.75 Å². The van der Waals surface area contributed by atoms with Crippen LogP contribution in [-0.2, 0) is 6.42 Å². The zero-order valence-electron chi connectivity index (χ0n) is 12.6. The number of guanidine groups is 1. The molecule has 0 unspecified atom stereocenters. The number of benzene rings is 1. The molecule has 2 rings (SSSR count). The van der Waals surface area contributed by atoms with Crippen LogP contribution in [0.15, 0.2) is 40.1 Å². The summed E-state index contributed by atoms with van der Waals surface area (Å²) in [5.41, 5.74) is 6.98. The van der Waals surface area contributed by atoms with Crippen molar-refractivity contribution in [3.63, 3.8) is 0 Å². The summed E-state index contributed by atoms with van der Waals surface area (Å²) >= 11 is 0. The fourth-order valence-corrected chi connectivity index (χ4v) is 1.96. The highest BCUT2D eigenvalue weighted by atomic mass is 16.5. The SMILES string of the molecule is CCCc1cc(=O)[nH]c(N=C(N)Nc2ccccc2OC)n1. The molecule has 2 aromatic rings. The first-order chi connectivity index (χ1) is 10.6. The first-order valence-electron chi connectivity index (χ1n) is 6.96. The fourth-order valence-electron chi connectivity index (χ4n) is 1.96. The molecule has 4 N–H and O–H groups in total. The first-order valence-corrected chi connectivity index (χ1v) is 6.96. The Morgan fingerprint density at radius 2 is 2.23 bits per heavy atom. The summed E-state index contributed by atoms with van der Waals surface area (Å²) in [7, 11) is 1.57. The van der Waals surface area contributed by atoms with Crippen LogP contribution in [0.1, 0.15) is 19.0 Å². The van der Waals surface area contributed by atoms with Crippen molar-refractivity contribution < 1.29 is 4.74 Å². The van der Waals surface area contributed by atoms with Crippen LogP contribution >= 0.6 is 0 Å². The minimum absolute atomic E-state index is 0.112. The Bertz CT molecular complexity index is 724. The summed E-state index contributed by atoms with van der Waals surface area (Å²) in [5, 5.41) is 2.92. The molecule has 0 saturated carbocycles. The van der Waals surface area contributed by atoms with Crippen molar-refractivity contribution in [3.05, 3.63) is 46.4 Å². The Morgan fingerprint density at radius 1 is 1.45 bits per heavy atom. The van der Waals surface area contributed by atoms with E-state index in [9.17, 15) is 4.79 Å². The lowest BCUT2D eigenvalue weighted by atomic mass is 10.2. The van der Waals surface area contributed by atoms with Gasteiger partial charge in [-0.2, -0.15) is 4.99 Å². The summed E-state index contributed by atoms with van der Waals surface area (Å²) < 4.78 is 5.22. The van der Waals surface area contributed by atoms with E-state index in [1.165, 1.54) is 6.07 Å². The van der Waals surface area contributed by atoms with Crippen molar-refractivity contribution >= 4 is 17.6 Å². The molecule has 1 aromatic heterocycles. The van der Waals surface area contributed by atoms with Crippen LogP contribution in [0.25, 0.3) is 0 Å². The number of hydrogen-bond donors (Lipinski definition) is 3. The molecule has 7 nitrogen and oxygen atoms in total. The van der Waals surface area contributed by atoms with E-state index in [-0.39, 0.29) is 17.5 Å². The number of methoxy groups -OCH3 is 1. The molecule has 0 fully saturated rings. The van der Waals surface area contributed by atoms with E-state index in [1.807, 2.05) is 25.1 Å². The highest BCUT2D eigenvalue weighted by Gasteiger charge is 2.04. The van der Waals surface area contributed by atoms with Crippen LogP contribution in [0.4, 0.5) is 11.6 Å². The van der Waals surface area contributed by atoms with Gasteiger partial charge in [0, 0.05) is 11.8 Å². The minimum Gasteiger partial charge on any atom is -0.495 e. The normalized spacial score (nSPS) is 11.3. The summed E-state index contributed by atoms with van der Waals surface area (Å²) in [5.74, 6) is 0.930. The number of ether oxygens (including phenoxy) is 1. The van der Waals surface area contributed by atoms with Gasteiger partial charge in [-0.15, -0.1) is 0 Å². The molecular weight excluding hydrogens is 282 g/mol. The smallest absolute Gasteiger partial charge is 0.252 e. The molecule has 0 spiro atoms. The van der Waals surface area contributed by atoms with Crippen molar-refractivity contribution in [2.45, 2.75) is 19.8 Å². The van der Waals surface area contributed by atoms with Crippen molar-refractivity contribution in [1.29, 1.82) is 0 Å². The maximum absolute atomic E-state index is 11.6. The van der Waals surface area contributed by atoms with Gasteiger partial charge < -0.3 is 15.8 Å². The Kier molecular flexibility index (Phi) is 5.13. The quantitative estimate of drug-likeness (QED) is 0.577. The Balaban J connectivity index is 2.23. The second-order valence-corrected chi connectivity index (χ2v) is 4.63. The number of H-pyrrole nitrogens is 1. The summed E-state index contributed by atoms with van der Waals surface area (Å²) in [4.78, 5) is 22.5. The molecule has 0 radical (unpaired) electrons. The maximum Gasteiger partial charge on any atom is 0.252 e. The van der Waals surface area contributed by atoms with Crippen LogP contribution < -0.4 is 21.3 Å². The molecule has 0 atom stereocenters. The third-order valence-corrected chi connectivity index (χ3v) is 2.88. The molecule has 22 heavy (non-hydrogen) atoms. The van der Waals surface area contributed by atoms with Gasteiger partial charge in [-0.05, 0) is 18.6 Å². The van der Waals surface area contributed by atoms with Gasteiger partial charge >= 0.3 is 0 Å². The molecule has 116 valence electrons. The van der Waals surface area contributed by atoms with Gasteiger partial charge in [0.1, 0.15) is 5.75 Å². The molecule has 0 bridgehead atoms. The number of aromatic amines is 1. The summed E-state index contributed by atoms with van der Waals surface area (Å²) in [6.45, 7) is 2.02. The van der Waals surface area contributed by atoms with E-state index < -0.39 is 0 Å². The van der Waals surface area contributed by atoms with E-state index in [4.69, 9.17) is 10.5 Å². The largest absolute Gasteiger partial charge is 0.495 e.